The number of nitrogens with zero attached hydrogens (tertiary/aromatic N) is 4. The summed E-state index contributed by atoms with van der Waals surface area (Å²) < 4.78 is 37.7. The van der Waals surface area contributed by atoms with Crippen LogP contribution in [-0.2, 0) is 6.54 Å². The van der Waals surface area contributed by atoms with Crippen LogP contribution in [0.3, 0.4) is 0 Å². The molecular weight excluding hydrogens is 329 g/mol. The van der Waals surface area contributed by atoms with Gasteiger partial charge in [-0.3, -0.25) is 9.80 Å². The lowest BCUT2D eigenvalue weighted by Gasteiger charge is -2.40. The first kappa shape index (κ1) is 19.5. The van der Waals surface area contributed by atoms with Gasteiger partial charge in [-0.15, -0.1) is 0 Å². The number of anilines is 1. The van der Waals surface area contributed by atoms with Crippen LogP contribution in [0.15, 0.2) is 24.3 Å². The Balaban J connectivity index is 1.86. The van der Waals surface area contributed by atoms with E-state index in [1.54, 1.807) is 0 Å². The van der Waals surface area contributed by atoms with Crippen molar-refractivity contribution in [2.45, 2.75) is 32.1 Å². The zero-order valence-corrected chi connectivity index (χ0v) is 14.8. The van der Waals surface area contributed by atoms with E-state index in [1.807, 2.05) is 43.1 Å². The highest BCUT2D eigenvalue weighted by atomic mass is 19.4. The molecule has 1 aliphatic heterocycles. The van der Waals surface area contributed by atoms with Gasteiger partial charge in [-0.05, 0) is 24.6 Å². The Morgan fingerprint density at radius 1 is 1.24 bits per heavy atom. The van der Waals surface area contributed by atoms with Gasteiger partial charge in [-0.25, -0.2) is 0 Å². The molecule has 1 aromatic rings. The summed E-state index contributed by atoms with van der Waals surface area (Å²) in [5, 5.41) is 8.64. The van der Waals surface area contributed by atoms with Crippen LogP contribution >= 0.6 is 0 Å². The minimum Gasteiger partial charge on any atom is -0.374 e. The number of rotatable bonds is 6. The van der Waals surface area contributed by atoms with Gasteiger partial charge in [0, 0.05) is 51.5 Å². The molecule has 1 atom stereocenters. The molecule has 0 N–H and O–H groups in total. The highest BCUT2D eigenvalue weighted by Gasteiger charge is 2.34. The van der Waals surface area contributed by atoms with Gasteiger partial charge in [0.05, 0.1) is 19.0 Å². The summed E-state index contributed by atoms with van der Waals surface area (Å²) in [5.41, 5.74) is 2.20. The quantitative estimate of drug-likeness (QED) is 0.786. The van der Waals surface area contributed by atoms with Crippen LogP contribution in [0.1, 0.15) is 18.9 Å². The van der Waals surface area contributed by atoms with Crippen LogP contribution in [0.4, 0.5) is 18.9 Å². The van der Waals surface area contributed by atoms with E-state index in [4.69, 9.17) is 5.26 Å². The van der Waals surface area contributed by atoms with Crippen LogP contribution in [0, 0.1) is 11.3 Å². The second kappa shape index (κ2) is 8.54. The topological polar surface area (TPSA) is 33.5 Å². The summed E-state index contributed by atoms with van der Waals surface area (Å²) in [5.74, 6) is 0. The van der Waals surface area contributed by atoms with Crippen LogP contribution in [0.5, 0.6) is 0 Å². The van der Waals surface area contributed by atoms with E-state index in [0.29, 0.717) is 32.6 Å². The van der Waals surface area contributed by atoms with Crippen molar-refractivity contribution in [2.24, 2.45) is 0 Å². The number of hydrogen-bond donors (Lipinski definition) is 0. The molecule has 0 amide bonds. The molecule has 0 bridgehead atoms. The highest BCUT2D eigenvalue weighted by molar-refractivity contribution is 5.46. The number of piperazine rings is 1. The van der Waals surface area contributed by atoms with Crippen LogP contribution < -0.4 is 4.90 Å². The van der Waals surface area contributed by atoms with E-state index in [9.17, 15) is 13.2 Å². The number of benzene rings is 1. The van der Waals surface area contributed by atoms with Gasteiger partial charge in [-0.2, -0.15) is 18.4 Å². The molecule has 25 heavy (non-hydrogen) atoms. The van der Waals surface area contributed by atoms with Crippen LogP contribution in [-0.4, -0.2) is 61.8 Å². The smallest absolute Gasteiger partial charge is 0.374 e. The van der Waals surface area contributed by atoms with E-state index in [-0.39, 0.29) is 6.04 Å². The van der Waals surface area contributed by atoms with E-state index in [1.165, 1.54) is 4.90 Å². The Bertz CT molecular complexity index is 579. The Hall–Kier alpha value is -1.78. The standard InChI is InChI=1S/C18H25F3N4/c1-15-12-24(10-11-25(15)14-18(19,20)21)13-16-4-6-17(7-5-16)23(2)9-3-8-22/h4-7,15H,3,9-14H2,1-2H3/t15-/m0/s1. The summed E-state index contributed by atoms with van der Waals surface area (Å²) in [6, 6.07) is 10.2. The monoisotopic (exact) mass is 354 g/mol. The lowest BCUT2D eigenvalue weighted by Crippen LogP contribution is -2.53. The van der Waals surface area contributed by atoms with Crippen molar-refractivity contribution >= 4 is 5.69 Å². The van der Waals surface area contributed by atoms with Crippen molar-refractivity contribution in [2.75, 3.05) is 44.7 Å². The fourth-order valence-electron chi connectivity index (χ4n) is 3.14. The predicted molar refractivity (Wildman–Crippen MR) is 92.3 cm³/mol. The first-order valence-electron chi connectivity index (χ1n) is 8.48. The van der Waals surface area contributed by atoms with Gasteiger partial charge in [0.25, 0.3) is 0 Å². The zero-order valence-electron chi connectivity index (χ0n) is 14.8. The predicted octanol–water partition coefficient (Wildman–Crippen LogP) is 3.10. The van der Waals surface area contributed by atoms with E-state index in [0.717, 1.165) is 17.8 Å². The third-order valence-corrected chi connectivity index (χ3v) is 4.57. The summed E-state index contributed by atoms with van der Waals surface area (Å²) in [4.78, 5) is 5.74. The Morgan fingerprint density at radius 2 is 1.92 bits per heavy atom. The van der Waals surface area contributed by atoms with Gasteiger partial charge >= 0.3 is 6.18 Å². The molecule has 0 radical (unpaired) electrons. The number of nitriles is 1. The molecule has 1 fully saturated rings. The summed E-state index contributed by atoms with van der Waals surface area (Å²) >= 11 is 0. The van der Waals surface area contributed by atoms with Crippen molar-refractivity contribution in [3.05, 3.63) is 29.8 Å². The molecule has 138 valence electrons. The van der Waals surface area contributed by atoms with Gasteiger partial charge < -0.3 is 4.90 Å². The maximum Gasteiger partial charge on any atom is 0.401 e. The number of halogens is 3. The van der Waals surface area contributed by atoms with Gasteiger partial charge in [-0.1, -0.05) is 12.1 Å². The maximum atomic E-state index is 12.6. The van der Waals surface area contributed by atoms with Crippen molar-refractivity contribution in [3.8, 4) is 6.07 Å². The average molecular weight is 354 g/mol. The first-order valence-corrected chi connectivity index (χ1v) is 8.48. The molecule has 0 saturated carbocycles. The van der Waals surface area contributed by atoms with Crippen LogP contribution in [0.2, 0.25) is 0 Å². The summed E-state index contributed by atoms with van der Waals surface area (Å²) in [6.45, 7) is 4.18. The molecular formula is C18H25F3N4. The maximum absolute atomic E-state index is 12.6. The molecule has 1 aliphatic rings. The fourth-order valence-corrected chi connectivity index (χ4v) is 3.14. The van der Waals surface area contributed by atoms with Gasteiger partial charge in [0.15, 0.2) is 0 Å². The van der Waals surface area contributed by atoms with E-state index < -0.39 is 12.7 Å². The number of alkyl halides is 3. The second-order valence-corrected chi connectivity index (χ2v) is 6.67. The molecule has 0 unspecified atom stereocenters. The third kappa shape index (κ3) is 6.22. The Labute approximate surface area is 147 Å². The number of hydrogen-bond acceptors (Lipinski definition) is 4. The molecule has 1 saturated heterocycles. The zero-order chi connectivity index (χ0) is 18.4. The van der Waals surface area contributed by atoms with Crippen molar-refractivity contribution in [1.82, 2.24) is 9.80 Å². The molecule has 0 aliphatic carbocycles. The minimum absolute atomic E-state index is 0.105. The fraction of sp³-hybridized carbons (Fsp3) is 0.611. The SMILES string of the molecule is C[C@H]1CN(Cc2ccc(N(C)CCC#N)cc2)CCN1CC(F)(F)F. The molecule has 4 nitrogen and oxygen atoms in total. The minimum atomic E-state index is -4.14. The molecule has 1 heterocycles. The molecule has 0 aromatic heterocycles. The lowest BCUT2D eigenvalue weighted by atomic mass is 10.1. The first-order chi connectivity index (χ1) is 11.8. The molecule has 0 spiro atoms. The lowest BCUT2D eigenvalue weighted by molar-refractivity contribution is -0.155. The second-order valence-electron chi connectivity index (χ2n) is 6.67. The molecule has 7 heteroatoms. The largest absolute Gasteiger partial charge is 0.401 e. The normalized spacial score (nSPS) is 19.6. The summed E-state index contributed by atoms with van der Waals surface area (Å²) in [7, 11) is 1.95. The average Bonchev–Trinajstić information content (AvgIpc) is 2.55. The Morgan fingerprint density at radius 3 is 2.48 bits per heavy atom. The van der Waals surface area contributed by atoms with Crippen molar-refractivity contribution < 1.29 is 13.2 Å². The highest BCUT2D eigenvalue weighted by Crippen LogP contribution is 2.21. The van der Waals surface area contributed by atoms with Crippen LogP contribution in [0.25, 0.3) is 0 Å². The molecule has 2 rings (SSSR count). The van der Waals surface area contributed by atoms with E-state index in [2.05, 4.69) is 11.0 Å². The van der Waals surface area contributed by atoms with Gasteiger partial charge in [0.1, 0.15) is 0 Å². The molecule has 1 aromatic carbocycles. The van der Waals surface area contributed by atoms with Crippen molar-refractivity contribution in [3.63, 3.8) is 0 Å². The summed E-state index contributed by atoms with van der Waals surface area (Å²) in [6.07, 6.45) is -3.65. The Kier molecular flexibility index (Phi) is 6.68. The van der Waals surface area contributed by atoms with Gasteiger partial charge in [0.2, 0.25) is 0 Å². The van der Waals surface area contributed by atoms with E-state index >= 15 is 0 Å². The third-order valence-electron chi connectivity index (χ3n) is 4.57. The van der Waals surface area contributed by atoms with Crippen molar-refractivity contribution in [1.29, 1.82) is 5.26 Å².